The van der Waals surface area contributed by atoms with E-state index in [1.807, 2.05) is 0 Å². The predicted molar refractivity (Wildman–Crippen MR) is 96.8 cm³/mol. The molecule has 1 saturated heterocycles. The van der Waals surface area contributed by atoms with Crippen molar-refractivity contribution >= 4 is 29.2 Å². The molecule has 2 saturated carbocycles. The average Bonchev–Trinajstić information content (AvgIpc) is 3.11. The number of fused-ring (bicyclic) bond motifs is 2. The summed E-state index contributed by atoms with van der Waals surface area (Å²) in [5.41, 5.74) is -1.30. The summed E-state index contributed by atoms with van der Waals surface area (Å²) in [6, 6.07) is 5.44. The summed E-state index contributed by atoms with van der Waals surface area (Å²) >= 11 is 12.4. The molecule has 1 aromatic heterocycles. The Bertz CT molecular complexity index is 900. The van der Waals surface area contributed by atoms with E-state index < -0.39 is 17.6 Å². The van der Waals surface area contributed by atoms with Crippen LogP contribution in [-0.2, 0) is 10.4 Å². The van der Waals surface area contributed by atoms with E-state index >= 15 is 4.39 Å². The highest BCUT2D eigenvalue weighted by atomic mass is 35.5. The van der Waals surface area contributed by atoms with Crippen molar-refractivity contribution < 1.29 is 18.4 Å². The number of hydrogen-bond acceptors (Lipinski definition) is 5. The van der Waals surface area contributed by atoms with Gasteiger partial charge in [-0.1, -0.05) is 34.4 Å². The molecule has 3 fully saturated rings. The minimum Gasteiger partial charge on any atom is -0.458 e. The van der Waals surface area contributed by atoms with Crippen LogP contribution in [0.2, 0.25) is 10.0 Å². The fraction of sp³-hybridized carbons (Fsp3) is 0.474. The van der Waals surface area contributed by atoms with Gasteiger partial charge in [-0.15, -0.1) is 0 Å². The van der Waals surface area contributed by atoms with Gasteiger partial charge in [0.15, 0.2) is 11.4 Å². The summed E-state index contributed by atoms with van der Waals surface area (Å²) < 4.78 is 26.4. The third kappa shape index (κ3) is 2.77. The fourth-order valence-electron chi connectivity index (χ4n) is 4.48. The molecule has 8 heteroatoms. The zero-order valence-electron chi connectivity index (χ0n) is 14.3. The van der Waals surface area contributed by atoms with Crippen LogP contribution < -0.4 is 5.32 Å². The van der Waals surface area contributed by atoms with Gasteiger partial charge in [0, 0.05) is 40.9 Å². The van der Waals surface area contributed by atoms with E-state index in [1.165, 1.54) is 6.20 Å². The van der Waals surface area contributed by atoms with Gasteiger partial charge in [-0.3, -0.25) is 0 Å². The molecular weight excluding hydrogens is 394 g/mol. The maximum absolute atomic E-state index is 15.6. The zero-order chi connectivity index (χ0) is 18.8. The number of hydrogen-bond donors (Lipinski definition) is 1. The maximum atomic E-state index is 15.6. The number of piperidine rings is 1. The van der Waals surface area contributed by atoms with E-state index in [2.05, 4.69) is 10.5 Å². The van der Waals surface area contributed by atoms with Gasteiger partial charge in [-0.2, -0.15) is 0 Å². The van der Waals surface area contributed by atoms with Gasteiger partial charge in [0.05, 0.1) is 6.20 Å². The van der Waals surface area contributed by atoms with Crippen molar-refractivity contribution in [2.24, 2.45) is 5.92 Å². The molecule has 27 heavy (non-hydrogen) atoms. The summed E-state index contributed by atoms with van der Waals surface area (Å²) in [5, 5.41) is 7.81. The molecule has 2 bridgehead atoms. The van der Waals surface area contributed by atoms with Crippen LogP contribution in [0.4, 0.5) is 4.39 Å². The van der Waals surface area contributed by atoms with E-state index in [0.717, 1.165) is 19.4 Å². The van der Waals surface area contributed by atoms with Crippen molar-refractivity contribution in [3.8, 4) is 0 Å². The molecule has 0 radical (unpaired) electrons. The SMILES string of the molecule is O=C(O[C@@H]1C[C@@H]2C[C@H]1CN2)c1cnoc1C1(F)CC1c1c(Cl)cccc1Cl. The van der Waals surface area contributed by atoms with E-state index in [1.54, 1.807) is 18.2 Å². The minimum atomic E-state index is -1.87. The zero-order valence-corrected chi connectivity index (χ0v) is 15.8. The normalized spacial score (nSPS) is 34.0. The smallest absolute Gasteiger partial charge is 0.343 e. The monoisotopic (exact) mass is 410 g/mol. The largest absolute Gasteiger partial charge is 0.458 e. The summed E-state index contributed by atoms with van der Waals surface area (Å²) in [5.74, 6) is -0.950. The van der Waals surface area contributed by atoms with E-state index in [4.69, 9.17) is 32.5 Å². The van der Waals surface area contributed by atoms with Crippen molar-refractivity contribution in [3.05, 3.63) is 51.3 Å². The van der Waals surface area contributed by atoms with Crippen LogP contribution in [0.25, 0.3) is 0 Å². The lowest BCUT2D eigenvalue weighted by atomic mass is 10.0. The number of aromatic nitrogens is 1. The Hall–Kier alpha value is -1.63. The van der Waals surface area contributed by atoms with Crippen molar-refractivity contribution in [1.82, 2.24) is 10.5 Å². The molecule has 0 spiro atoms. The fourth-order valence-corrected chi connectivity index (χ4v) is 5.14. The van der Waals surface area contributed by atoms with Crippen LogP contribution in [0, 0.1) is 5.92 Å². The van der Waals surface area contributed by atoms with Crippen molar-refractivity contribution in [1.29, 1.82) is 0 Å². The number of benzene rings is 1. The highest BCUT2D eigenvalue weighted by Gasteiger charge is 2.63. The van der Waals surface area contributed by atoms with Gasteiger partial charge in [0.1, 0.15) is 11.7 Å². The minimum absolute atomic E-state index is 0.0407. The third-order valence-electron chi connectivity index (χ3n) is 5.97. The first-order valence-corrected chi connectivity index (χ1v) is 9.75. The Morgan fingerprint density at radius 3 is 2.78 bits per heavy atom. The third-order valence-corrected chi connectivity index (χ3v) is 6.63. The Morgan fingerprint density at radius 1 is 1.33 bits per heavy atom. The topological polar surface area (TPSA) is 64.4 Å². The number of alkyl halides is 1. The van der Waals surface area contributed by atoms with Crippen LogP contribution in [-0.4, -0.2) is 29.8 Å². The van der Waals surface area contributed by atoms with E-state index in [9.17, 15) is 4.79 Å². The summed E-state index contributed by atoms with van der Waals surface area (Å²) in [4.78, 5) is 12.6. The second-order valence-electron chi connectivity index (χ2n) is 7.60. The second-order valence-corrected chi connectivity index (χ2v) is 8.42. The molecule has 2 heterocycles. The first-order chi connectivity index (χ1) is 13.0. The van der Waals surface area contributed by atoms with Crippen molar-refractivity contribution in [3.63, 3.8) is 0 Å². The lowest BCUT2D eigenvalue weighted by Crippen LogP contribution is -2.35. The molecular formula is C19H17Cl2FN2O3. The highest BCUT2D eigenvalue weighted by Crippen LogP contribution is 2.64. The maximum Gasteiger partial charge on any atom is 0.343 e. The van der Waals surface area contributed by atoms with Gasteiger partial charge < -0.3 is 14.6 Å². The van der Waals surface area contributed by atoms with Crippen LogP contribution in [0.5, 0.6) is 0 Å². The van der Waals surface area contributed by atoms with Crippen LogP contribution in [0.15, 0.2) is 28.9 Å². The number of halogens is 3. The number of esters is 1. The number of rotatable bonds is 4. The van der Waals surface area contributed by atoms with E-state index in [0.29, 0.717) is 27.6 Å². The molecule has 2 aromatic rings. The van der Waals surface area contributed by atoms with Gasteiger partial charge >= 0.3 is 5.97 Å². The van der Waals surface area contributed by atoms with Gasteiger partial charge in [-0.25, -0.2) is 9.18 Å². The lowest BCUT2D eigenvalue weighted by Gasteiger charge is -2.22. The van der Waals surface area contributed by atoms with Crippen LogP contribution in [0.1, 0.15) is 46.9 Å². The Morgan fingerprint density at radius 2 is 2.11 bits per heavy atom. The molecule has 5 atom stereocenters. The summed E-state index contributed by atoms with van der Waals surface area (Å²) in [6.07, 6.45) is 3.01. The molecule has 1 aromatic carbocycles. The van der Waals surface area contributed by atoms with Crippen LogP contribution in [0.3, 0.4) is 0 Å². The molecule has 5 nitrogen and oxygen atoms in total. The molecule has 142 valence electrons. The van der Waals surface area contributed by atoms with Gasteiger partial charge in [0.2, 0.25) is 0 Å². The standard InChI is InChI=1S/C19H17Cl2FN2O3/c20-13-2-1-3-14(21)16(13)12-6-19(12,22)17-11(8-24-27-17)18(25)26-15-5-10-4-9(15)7-23-10/h1-3,8-10,12,15,23H,4-7H2/t9-,10-,12?,15+,19?/m0/s1. The molecule has 1 aliphatic heterocycles. The number of ether oxygens (including phenoxy) is 1. The Kier molecular flexibility index (Phi) is 4.00. The van der Waals surface area contributed by atoms with Gasteiger partial charge in [0.25, 0.3) is 0 Å². The summed E-state index contributed by atoms with van der Waals surface area (Å²) in [7, 11) is 0. The molecule has 2 unspecified atom stereocenters. The highest BCUT2D eigenvalue weighted by molar-refractivity contribution is 6.36. The molecule has 1 N–H and O–H groups in total. The predicted octanol–water partition coefficient (Wildman–Crippen LogP) is 4.24. The quantitative estimate of drug-likeness (QED) is 0.763. The Labute approximate surface area is 165 Å². The van der Waals surface area contributed by atoms with Gasteiger partial charge in [-0.05, 0) is 30.5 Å². The number of carbonyl (C=O) groups excluding carboxylic acids is 1. The number of nitrogens with zero attached hydrogens (tertiary/aromatic N) is 1. The second kappa shape index (κ2) is 6.19. The lowest BCUT2D eigenvalue weighted by molar-refractivity contribution is 0.0172. The average molecular weight is 411 g/mol. The molecule has 3 aliphatic rings. The first-order valence-electron chi connectivity index (χ1n) is 8.99. The first kappa shape index (κ1) is 17.5. The van der Waals surface area contributed by atoms with Crippen molar-refractivity contribution in [2.75, 3.05) is 6.54 Å². The Balaban J connectivity index is 1.38. The van der Waals surface area contributed by atoms with E-state index in [-0.39, 0.29) is 23.8 Å². The summed E-state index contributed by atoms with van der Waals surface area (Å²) in [6.45, 7) is 0.846. The number of nitrogens with one attached hydrogen (secondary N) is 1. The molecule has 2 aliphatic carbocycles. The van der Waals surface area contributed by atoms with Crippen LogP contribution >= 0.6 is 23.2 Å². The number of carbonyl (C=O) groups is 1. The molecule has 5 rings (SSSR count). The molecule has 0 amide bonds. The van der Waals surface area contributed by atoms with Crippen molar-refractivity contribution in [2.45, 2.75) is 43.0 Å².